The van der Waals surface area contributed by atoms with Gasteiger partial charge in [-0.25, -0.2) is 0 Å². The average Bonchev–Trinajstić information content (AvgIpc) is 4.10. The van der Waals surface area contributed by atoms with Crippen LogP contribution in [0.3, 0.4) is 0 Å². The van der Waals surface area contributed by atoms with Gasteiger partial charge < -0.3 is 49.1 Å². The molecule has 0 amide bonds. The maximum atomic E-state index is 11.4. The predicted octanol–water partition coefficient (Wildman–Crippen LogP) is 8.35. The topological polar surface area (TPSA) is 265 Å². The first-order valence-corrected chi connectivity index (χ1v) is 23.6. The van der Waals surface area contributed by atoms with Gasteiger partial charge in [-0.15, -0.1) is 0 Å². The van der Waals surface area contributed by atoms with Crippen molar-refractivity contribution in [3.63, 3.8) is 0 Å². The molecular weight excluding hydrogens is 1090 g/mol. The van der Waals surface area contributed by atoms with Crippen molar-refractivity contribution in [2.75, 3.05) is 26.4 Å². The van der Waals surface area contributed by atoms with E-state index in [1.807, 2.05) is 79.7 Å². The minimum atomic E-state index is -1.34. The van der Waals surface area contributed by atoms with Crippen molar-refractivity contribution in [2.24, 2.45) is 0 Å². The van der Waals surface area contributed by atoms with Crippen molar-refractivity contribution in [1.29, 1.82) is 0 Å². The number of aromatic carboxylic acids is 4. The first kappa shape index (κ1) is 68.9. The third kappa shape index (κ3) is 24.1. The normalized spacial score (nSPS) is 12.2. The van der Waals surface area contributed by atoms with Crippen LogP contribution in [0.1, 0.15) is 219 Å². The summed E-state index contributed by atoms with van der Waals surface area (Å²) in [6.07, 6.45) is 5.11. The van der Waals surface area contributed by atoms with Crippen LogP contribution in [-0.2, 0) is 51.6 Å². The molecule has 392 valence electrons. The minimum Gasteiger partial charge on any atom is -0.545 e. The zero-order chi connectivity index (χ0) is 53.4. The van der Waals surface area contributed by atoms with E-state index >= 15 is 0 Å². The van der Waals surface area contributed by atoms with Gasteiger partial charge in [-0.1, -0.05) is 107 Å². The molecular formula is C54H70Mo2N2O14. The van der Waals surface area contributed by atoms with Gasteiger partial charge in [-0.2, -0.15) is 0 Å². The number of ether oxygens (including phenoxy) is 2. The molecule has 0 saturated carbocycles. The first-order chi connectivity index (χ1) is 32.7. The number of carboxylic acids is 4. The Morgan fingerprint density at radius 2 is 0.625 bits per heavy atom. The molecule has 4 aromatic carbocycles. The van der Waals surface area contributed by atoms with Gasteiger partial charge in [-0.05, 0) is 130 Å². The fraction of sp³-hybridized carbons (Fsp3) is 0.481. The van der Waals surface area contributed by atoms with Crippen LogP contribution in [0.15, 0.2) is 72.8 Å². The molecule has 18 heteroatoms. The van der Waals surface area contributed by atoms with E-state index in [-0.39, 0.29) is 88.3 Å². The van der Waals surface area contributed by atoms with Gasteiger partial charge in [0.15, 0.2) is 0 Å². The number of carboxylic acid groups (broad SMARTS) is 4. The van der Waals surface area contributed by atoms with Crippen molar-refractivity contribution in [3.8, 4) is 0 Å². The summed E-state index contributed by atoms with van der Waals surface area (Å²) in [6.45, 7) is 28.7. The molecule has 0 aliphatic carbocycles. The molecule has 0 N–H and O–H groups in total. The molecule has 2 aliphatic rings. The summed E-state index contributed by atoms with van der Waals surface area (Å²) in [5, 5.41) is 63.5. The van der Waals surface area contributed by atoms with Crippen LogP contribution in [0.4, 0.5) is 11.4 Å². The molecule has 6 rings (SSSR count). The second-order valence-corrected chi connectivity index (χ2v) is 18.5. The van der Waals surface area contributed by atoms with E-state index in [0.29, 0.717) is 23.0 Å². The van der Waals surface area contributed by atoms with Gasteiger partial charge in [0.05, 0.1) is 33.7 Å². The third-order valence-corrected chi connectivity index (χ3v) is 11.0. The van der Waals surface area contributed by atoms with Gasteiger partial charge in [-0.3, -0.25) is 20.2 Å². The van der Waals surface area contributed by atoms with Crippen LogP contribution in [0.5, 0.6) is 0 Å². The Kier molecular flexibility index (Phi) is 33.6. The van der Waals surface area contributed by atoms with Crippen molar-refractivity contribution in [3.05, 3.63) is 149 Å². The standard InChI is InChI=1S/2C16H24O2.2C7H5NO4.2C4H8O.2Mo/c2*1-9(2)12-7-13(10(3)4)15(16(17)18)14(8-12)11(5)6;2*9-7(10)5-1-3-6(4-2-5)8(11)12;2*1-2-4-5-3-1;;/h2*7-11H,1-6H3,(H,17,18);2*1-4H,(H,9,10);2*1-4H2;;/q;;;;;;2*+2/p-4. The smallest absolute Gasteiger partial charge is 0.545 e. The van der Waals surface area contributed by atoms with Crippen molar-refractivity contribution in [2.45, 2.75) is 144 Å². The Hall–Kier alpha value is -5.14. The average molecular weight is 1160 g/mol. The number of non-ortho nitro benzene ring substituents is 2. The molecule has 72 heavy (non-hydrogen) atoms. The van der Waals surface area contributed by atoms with E-state index in [4.69, 9.17) is 9.47 Å². The molecule has 0 spiro atoms. The summed E-state index contributed by atoms with van der Waals surface area (Å²) in [7, 11) is 0. The molecule has 4 aromatic rings. The summed E-state index contributed by atoms with van der Waals surface area (Å²) in [5.74, 6) is -3.25. The van der Waals surface area contributed by atoms with Gasteiger partial charge in [0.25, 0.3) is 11.4 Å². The van der Waals surface area contributed by atoms with E-state index in [1.165, 1.54) is 36.8 Å². The fourth-order valence-electron chi connectivity index (χ4n) is 6.84. The molecule has 2 fully saturated rings. The van der Waals surface area contributed by atoms with Gasteiger partial charge >= 0.3 is 42.1 Å². The quantitative estimate of drug-likeness (QED) is 0.0733. The van der Waals surface area contributed by atoms with Crippen LogP contribution >= 0.6 is 0 Å². The van der Waals surface area contributed by atoms with Gasteiger partial charge in [0.2, 0.25) is 0 Å². The molecule has 0 aromatic heterocycles. The van der Waals surface area contributed by atoms with Gasteiger partial charge in [0, 0.05) is 61.8 Å². The Balaban J connectivity index is 0. The second kappa shape index (κ2) is 35.1. The summed E-state index contributed by atoms with van der Waals surface area (Å²) in [4.78, 5) is 62.3. The number of nitro benzene ring substituents is 2. The fourth-order valence-corrected chi connectivity index (χ4v) is 6.84. The number of rotatable bonds is 12. The number of nitro groups is 2. The molecule has 0 radical (unpaired) electrons. The van der Waals surface area contributed by atoms with E-state index in [0.717, 1.165) is 97.2 Å². The molecule has 2 saturated heterocycles. The number of carbonyl (C=O) groups is 4. The van der Waals surface area contributed by atoms with Crippen LogP contribution in [0.2, 0.25) is 0 Å². The number of benzene rings is 4. The van der Waals surface area contributed by atoms with Crippen molar-refractivity contribution >= 4 is 35.3 Å². The van der Waals surface area contributed by atoms with Crippen LogP contribution in [-0.4, -0.2) is 60.2 Å². The molecule has 0 bridgehead atoms. The van der Waals surface area contributed by atoms with E-state index < -0.39 is 33.7 Å². The zero-order valence-corrected chi connectivity index (χ0v) is 47.5. The largest absolute Gasteiger partial charge is 2.00 e. The van der Waals surface area contributed by atoms with Crippen LogP contribution in [0.25, 0.3) is 0 Å². The maximum absolute atomic E-state index is 11.4. The molecule has 16 nitrogen and oxygen atoms in total. The number of carbonyl (C=O) groups excluding carboxylic acids is 4. The summed E-state index contributed by atoms with van der Waals surface area (Å²) in [6, 6.07) is 17.1. The predicted molar refractivity (Wildman–Crippen MR) is 261 cm³/mol. The molecule has 0 atom stereocenters. The third-order valence-electron chi connectivity index (χ3n) is 11.0. The van der Waals surface area contributed by atoms with Crippen LogP contribution in [0, 0.1) is 20.2 Å². The Bertz CT molecular complexity index is 2020. The molecule has 0 unspecified atom stereocenters. The van der Waals surface area contributed by atoms with E-state index in [9.17, 15) is 59.8 Å². The number of hydrogen-bond donors (Lipinski definition) is 0. The Morgan fingerprint density at radius 3 is 0.750 bits per heavy atom. The Morgan fingerprint density at radius 1 is 0.403 bits per heavy atom. The minimum absolute atomic E-state index is 0. The summed E-state index contributed by atoms with van der Waals surface area (Å²) >= 11 is 0. The maximum Gasteiger partial charge on any atom is 2.00 e. The summed E-state index contributed by atoms with van der Waals surface area (Å²) in [5.41, 5.74) is 6.35. The van der Waals surface area contributed by atoms with Crippen molar-refractivity contribution < 1.29 is 101 Å². The second-order valence-electron chi connectivity index (χ2n) is 18.5. The zero-order valence-electron chi connectivity index (χ0n) is 43.5. The van der Waals surface area contributed by atoms with E-state index in [1.54, 1.807) is 0 Å². The molecule has 2 heterocycles. The molecule has 2 aliphatic heterocycles. The van der Waals surface area contributed by atoms with Crippen LogP contribution < -0.4 is 20.4 Å². The monoisotopic (exact) mass is 1170 g/mol. The van der Waals surface area contributed by atoms with E-state index in [2.05, 4.69) is 27.7 Å². The number of hydrogen-bond acceptors (Lipinski definition) is 14. The SMILES string of the molecule is C1CCOC1.C1CCOC1.CC(C)c1cc(C(C)C)c(C(=O)[O-])c(C(C)C)c1.CC(C)c1cc(C(C)C)c(C(=O)[O-])c(C(C)C)c1.O=C([O-])c1ccc([N+](=O)[O-])cc1.O=C([O-])c1ccc([N+](=O)[O-])cc1.[Mo+2].[Mo+2]. The first-order valence-electron chi connectivity index (χ1n) is 23.6. The van der Waals surface area contributed by atoms with Crippen molar-refractivity contribution in [1.82, 2.24) is 0 Å². The number of nitrogens with zero attached hydrogens (tertiary/aromatic N) is 2. The van der Waals surface area contributed by atoms with Gasteiger partial charge in [0.1, 0.15) is 0 Å². The Labute approximate surface area is 453 Å². The summed E-state index contributed by atoms with van der Waals surface area (Å²) < 4.78 is 9.89.